The predicted molar refractivity (Wildman–Crippen MR) is 111 cm³/mol. The smallest absolute Gasteiger partial charge is 0.267 e. The Balaban J connectivity index is 1.24. The lowest BCUT2D eigenvalue weighted by Gasteiger charge is -2.37. The number of carbonyl (C=O) groups is 2. The number of methoxy groups -OCH3 is 1. The molecule has 0 aromatic heterocycles. The molecule has 4 rings (SSSR count). The van der Waals surface area contributed by atoms with Gasteiger partial charge in [-0.05, 0) is 36.2 Å². The lowest BCUT2D eigenvalue weighted by atomic mass is 10.1. The molecule has 1 unspecified atom stereocenters. The molecular formula is C23H26N2O5. The number of carbonyl (C=O) groups excluding carboxylic acids is 2. The molecule has 2 amide bonds. The van der Waals surface area contributed by atoms with Gasteiger partial charge in [-0.3, -0.25) is 9.59 Å². The Kier molecular flexibility index (Phi) is 6.07. The molecule has 30 heavy (non-hydrogen) atoms. The average molecular weight is 410 g/mol. The Hall–Kier alpha value is -3.22. The van der Waals surface area contributed by atoms with Gasteiger partial charge in [0.25, 0.3) is 5.91 Å². The van der Waals surface area contributed by atoms with Crippen LogP contribution in [0.4, 0.5) is 0 Å². The number of para-hydroxylation sites is 2. The molecule has 7 nitrogen and oxygen atoms in total. The van der Waals surface area contributed by atoms with Crippen LogP contribution in [0, 0.1) is 0 Å². The summed E-state index contributed by atoms with van der Waals surface area (Å²) in [5.41, 5.74) is 1.10. The fourth-order valence-electron chi connectivity index (χ4n) is 3.72. The van der Waals surface area contributed by atoms with Crippen LogP contribution < -0.4 is 14.2 Å². The second-order valence-electron chi connectivity index (χ2n) is 7.42. The first kappa shape index (κ1) is 20.1. The Morgan fingerprint density at radius 2 is 1.63 bits per heavy atom. The number of hydrogen-bond donors (Lipinski definition) is 0. The van der Waals surface area contributed by atoms with Gasteiger partial charge in [0.05, 0.1) is 7.11 Å². The highest BCUT2D eigenvalue weighted by Gasteiger charge is 2.33. The summed E-state index contributed by atoms with van der Waals surface area (Å²) in [6.45, 7) is 2.30. The van der Waals surface area contributed by atoms with Crippen molar-refractivity contribution >= 4 is 11.8 Å². The highest BCUT2D eigenvalue weighted by Crippen LogP contribution is 2.31. The molecular weight excluding hydrogens is 384 g/mol. The normalized spacial score (nSPS) is 18.1. The number of rotatable bonds is 5. The maximum atomic E-state index is 12.8. The topological polar surface area (TPSA) is 68.3 Å². The number of piperazine rings is 1. The summed E-state index contributed by atoms with van der Waals surface area (Å²) in [6.07, 6.45) is 0.503. The molecule has 158 valence electrons. The minimum absolute atomic E-state index is 0.0881. The van der Waals surface area contributed by atoms with Crippen LogP contribution in [-0.2, 0) is 16.0 Å². The first-order valence-corrected chi connectivity index (χ1v) is 10.2. The van der Waals surface area contributed by atoms with Crippen LogP contribution in [-0.4, -0.2) is 67.6 Å². The predicted octanol–water partition coefficient (Wildman–Crippen LogP) is 2.14. The molecule has 7 heteroatoms. The third kappa shape index (κ3) is 4.50. The maximum Gasteiger partial charge on any atom is 0.267 e. The van der Waals surface area contributed by atoms with E-state index in [4.69, 9.17) is 14.2 Å². The molecule has 0 radical (unpaired) electrons. The summed E-state index contributed by atoms with van der Waals surface area (Å²) in [4.78, 5) is 29.0. The Morgan fingerprint density at radius 1 is 0.967 bits per heavy atom. The zero-order valence-corrected chi connectivity index (χ0v) is 17.1. The van der Waals surface area contributed by atoms with Crippen molar-refractivity contribution in [3.05, 3.63) is 54.1 Å². The number of nitrogens with zero attached hydrogens (tertiary/aromatic N) is 2. The van der Waals surface area contributed by atoms with E-state index >= 15 is 0 Å². The van der Waals surface area contributed by atoms with Crippen molar-refractivity contribution in [3.63, 3.8) is 0 Å². The third-order valence-electron chi connectivity index (χ3n) is 5.51. The Labute approximate surface area is 176 Å². The fraction of sp³-hybridized carbons (Fsp3) is 0.391. The number of hydrogen-bond acceptors (Lipinski definition) is 5. The highest BCUT2D eigenvalue weighted by molar-refractivity contribution is 5.82. The summed E-state index contributed by atoms with van der Waals surface area (Å²) in [5.74, 6) is 2.09. The van der Waals surface area contributed by atoms with Crippen molar-refractivity contribution in [2.75, 3.05) is 39.9 Å². The van der Waals surface area contributed by atoms with E-state index in [1.54, 1.807) is 18.1 Å². The monoisotopic (exact) mass is 410 g/mol. The second-order valence-corrected chi connectivity index (χ2v) is 7.42. The summed E-state index contributed by atoms with van der Waals surface area (Å²) in [6, 6.07) is 15.1. The van der Waals surface area contributed by atoms with Crippen molar-refractivity contribution in [2.45, 2.75) is 18.9 Å². The standard InChI is InChI=1S/C23H26N2O5/c1-28-18-9-6-17(7-10-18)8-11-22(26)24-12-14-25(15-13-24)23(27)21-16-29-19-4-2-3-5-20(19)30-21/h2-7,9-10,21H,8,11-16H2,1H3. The summed E-state index contributed by atoms with van der Waals surface area (Å²) >= 11 is 0. The van der Waals surface area contributed by atoms with E-state index in [-0.39, 0.29) is 18.4 Å². The average Bonchev–Trinajstić information content (AvgIpc) is 2.82. The van der Waals surface area contributed by atoms with Gasteiger partial charge >= 0.3 is 0 Å². The molecule has 2 aliphatic rings. The van der Waals surface area contributed by atoms with Gasteiger partial charge in [0.1, 0.15) is 12.4 Å². The van der Waals surface area contributed by atoms with Gasteiger partial charge in [0.2, 0.25) is 12.0 Å². The largest absolute Gasteiger partial charge is 0.497 e. The van der Waals surface area contributed by atoms with Crippen LogP contribution in [0.2, 0.25) is 0 Å². The highest BCUT2D eigenvalue weighted by atomic mass is 16.6. The summed E-state index contributed by atoms with van der Waals surface area (Å²) < 4.78 is 16.6. The number of ether oxygens (including phenoxy) is 3. The molecule has 2 aromatic carbocycles. The molecule has 0 bridgehead atoms. The second kappa shape index (κ2) is 9.07. The molecule has 1 saturated heterocycles. The molecule has 2 aliphatic heterocycles. The van der Waals surface area contributed by atoms with Crippen LogP contribution in [0.3, 0.4) is 0 Å². The zero-order chi connectivity index (χ0) is 20.9. The fourth-order valence-corrected chi connectivity index (χ4v) is 3.72. The van der Waals surface area contributed by atoms with Gasteiger partial charge in [-0.1, -0.05) is 24.3 Å². The molecule has 2 heterocycles. The number of benzene rings is 2. The van der Waals surface area contributed by atoms with Crippen molar-refractivity contribution < 1.29 is 23.8 Å². The van der Waals surface area contributed by atoms with E-state index in [9.17, 15) is 9.59 Å². The van der Waals surface area contributed by atoms with Crippen LogP contribution in [0.25, 0.3) is 0 Å². The Bertz CT molecular complexity index is 891. The lowest BCUT2D eigenvalue weighted by Crippen LogP contribution is -2.55. The van der Waals surface area contributed by atoms with Crippen molar-refractivity contribution in [1.29, 1.82) is 0 Å². The molecule has 2 aromatic rings. The van der Waals surface area contributed by atoms with Crippen molar-refractivity contribution in [3.8, 4) is 17.2 Å². The quantitative estimate of drug-likeness (QED) is 0.756. The van der Waals surface area contributed by atoms with E-state index in [0.717, 1.165) is 11.3 Å². The van der Waals surface area contributed by atoms with E-state index < -0.39 is 6.10 Å². The molecule has 0 N–H and O–H groups in total. The van der Waals surface area contributed by atoms with Gasteiger partial charge in [-0.25, -0.2) is 0 Å². The third-order valence-corrected chi connectivity index (χ3v) is 5.51. The SMILES string of the molecule is COc1ccc(CCC(=O)N2CCN(C(=O)C3COc4ccccc4O3)CC2)cc1. The van der Waals surface area contributed by atoms with E-state index in [1.165, 1.54) is 0 Å². The van der Waals surface area contributed by atoms with E-state index in [1.807, 2.05) is 47.4 Å². The van der Waals surface area contributed by atoms with Crippen LogP contribution in [0.15, 0.2) is 48.5 Å². The maximum absolute atomic E-state index is 12.8. The number of fused-ring (bicyclic) bond motifs is 1. The van der Waals surface area contributed by atoms with Crippen LogP contribution in [0.5, 0.6) is 17.2 Å². The summed E-state index contributed by atoms with van der Waals surface area (Å²) in [5, 5.41) is 0. The minimum Gasteiger partial charge on any atom is -0.497 e. The lowest BCUT2D eigenvalue weighted by molar-refractivity contribution is -0.146. The van der Waals surface area contributed by atoms with Gasteiger partial charge in [0, 0.05) is 32.6 Å². The first-order chi connectivity index (χ1) is 14.6. The molecule has 0 spiro atoms. The van der Waals surface area contributed by atoms with Gasteiger partial charge in [-0.15, -0.1) is 0 Å². The van der Waals surface area contributed by atoms with Crippen molar-refractivity contribution in [1.82, 2.24) is 9.80 Å². The van der Waals surface area contributed by atoms with Crippen molar-refractivity contribution in [2.24, 2.45) is 0 Å². The Morgan fingerprint density at radius 3 is 2.33 bits per heavy atom. The first-order valence-electron chi connectivity index (χ1n) is 10.2. The van der Waals surface area contributed by atoms with Crippen LogP contribution in [0.1, 0.15) is 12.0 Å². The number of amides is 2. The van der Waals surface area contributed by atoms with Gasteiger partial charge < -0.3 is 24.0 Å². The molecule has 1 atom stereocenters. The van der Waals surface area contributed by atoms with E-state index in [2.05, 4.69) is 0 Å². The molecule has 1 fully saturated rings. The molecule has 0 saturated carbocycles. The minimum atomic E-state index is -0.641. The molecule has 0 aliphatic carbocycles. The van der Waals surface area contributed by atoms with Crippen LogP contribution >= 0.6 is 0 Å². The number of aryl methyl sites for hydroxylation is 1. The summed E-state index contributed by atoms with van der Waals surface area (Å²) in [7, 11) is 1.63. The van der Waals surface area contributed by atoms with Gasteiger partial charge in [-0.2, -0.15) is 0 Å². The zero-order valence-electron chi connectivity index (χ0n) is 17.1. The van der Waals surface area contributed by atoms with E-state index in [0.29, 0.717) is 50.5 Å². The van der Waals surface area contributed by atoms with Gasteiger partial charge in [0.15, 0.2) is 11.5 Å².